The lowest BCUT2D eigenvalue weighted by Gasteiger charge is -2.53. The molecule has 0 aliphatic carbocycles. The van der Waals surface area contributed by atoms with Crippen molar-refractivity contribution in [2.45, 2.75) is 35.5 Å². The van der Waals surface area contributed by atoms with Crippen LogP contribution in [0.5, 0.6) is 0 Å². The number of fused-ring (bicyclic) bond motifs is 2. The molecule has 4 aliphatic heterocycles. The number of benzene rings is 1. The van der Waals surface area contributed by atoms with Gasteiger partial charge in [0.25, 0.3) is 0 Å². The molecule has 5 rings (SSSR count). The van der Waals surface area contributed by atoms with Crippen LogP contribution >= 0.6 is 11.8 Å². The van der Waals surface area contributed by atoms with Crippen molar-refractivity contribution in [2.24, 2.45) is 11.8 Å². The van der Waals surface area contributed by atoms with Crippen LogP contribution in [0.25, 0.3) is 0 Å². The molecule has 0 aromatic heterocycles. The first kappa shape index (κ1) is 13.2. The van der Waals surface area contributed by atoms with Crippen molar-refractivity contribution in [3.63, 3.8) is 0 Å². The number of nitrogens with zero attached hydrogens (tertiary/aromatic N) is 1. The number of rotatable bonds is 2. The van der Waals surface area contributed by atoms with Gasteiger partial charge in [0.1, 0.15) is 0 Å². The lowest BCUT2D eigenvalue weighted by molar-refractivity contribution is -0.120. The summed E-state index contributed by atoms with van der Waals surface area (Å²) in [5, 5.41) is 0.609. The Bertz CT molecular complexity index is 471. The molecule has 20 heavy (non-hydrogen) atoms. The van der Waals surface area contributed by atoms with Gasteiger partial charge in [-0.3, -0.25) is 0 Å². The van der Waals surface area contributed by atoms with E-state index in [-0.39, 0.29) is 5.60 Å². The summed E-state index contributed by atoms with van der Waals surface area (Å²) in [6.45, 7) is 7.04. The Balaban J connectivity index is 1.62. The first-order valence-electron chi connectivity index (χ1n) is 7.86. The van der Waals surface area contributed by atoms with Crippen LogP contribution in [0.4, 0.5) is 0 Å². The first-order chi connectivity index (χ1) is 9.78. The van der Waals surface area contributed by atoms with Gasteiger partial charge in [0.2, 0.25) is 0 Å². The molecule has 2 bridgehead atoms. The molecule has 3 atom stereocenters. The highest BCUT2D eigenvalue weighted by Gasteiger charge is 2.57. The Hall–Kier alpha value is -0.510. The van der Waals surface area contributed by atoms with Crippen LogP contribution < -0.4 is 0 Å². The maximum atomic E-state index is 6.45. The molecule has 3 heteroatoms. The average molecular weight is 289 g/mol. The third kappa shape index (κ3) is 2.02. The molecule has 0 N–H and O–H groups in total. The molecule has 4 aliphatic rings. The summed E-state index contributed by atoms with van der Waals surface area (Å²) in [5.41, 5.74) is 0.121. The lowest BCUT2D eigenvalue weighted by Crippen LogP contribution is -2.63. The van der Waals surface area contributed by atoms with Gasteiger partial charge in [-0.05, 0) is 49.9 Å². The number of piperidine rings is 3. The molecule has 1 aromatic carbocycles. The molecule has 1 unspecified atom stereocenters. The van der Waals surface area contributed by atoms with Gasteiger partial charge in [-0.25, -0.2) is 0 Å². The Morgan fingerprint density at radius 1 is 1.20 bits per heavy atom. The molecular weight excluding hydrogens is 266 g/mol. The van der Waals surface area contributed by atoms with Gasteiger partial charge in [0.05, 0.1) is 12.2 Å². The fraction of sp³-hybridized carbons (Fsp3) is 0.647. The van der Waals surface area contributed by atoms with Gasteiger partial charge in [-0.15, -0.1) is 11.8 Å². The molecule has 4 fully saturated rings. The van der Waals surface area contributed by atoms with Gasteiger partial charge < -0.3 is 9.64 Å². The molecule has 1 aromatic rings. The van der Waals surface area contributed by atoms with E-state index in [4.69, 9.17) is 4.74 Å². The SMILES string of the molecule is C[C@H]1COC2(CN3CCC2CC3)[C@@H]1Sc1ccccc1. The van der Waals surface area contributed by atoms with Crippen LogP contribution in [0, 0.1) is 11.8 Å². The van der Waals surface area contributed by atoms with Crippen molar-refractivity contribution in [1.82, 2.24) is 4.90 Å². The van der Waals surface area contributed by atoms with Crippen molar-refractivity contribution >= 4 is 11.8 Å². The summed E-state index contributed by atoms with van der Waals surface area (Å²) in [6.07, 6.45) is 2.66. The highest BCUT2D eigenvalue weighted by atomic mass is 32.2. The second kappa shape index (κ2) is 5.04. The molecule has 0 amide bonds. The predicted molar refractivity (Wildman–Crippen MR) is 83.1 cm³/mol. The number of hydrogen-bond donors (Lipinski definition) is 0. The molecule has 108 valence electrons. The highest BCUT2D eigenvalue weighted by molar-refractivity contribution is 8.00. The molecule has 2 nitrogen and oxygen atoms in total. The van der Waals surface area contributed by atoms with Crippen molar-refractivity contribution < 1.29 is 4.74 Å². The van der Waals surface area contributed by atoms with E-state index in [1.807, 2.05) is 0 Å². The normalized spacial score (nSPS) is 43.2. The molecule has 4 saturated heterocycles. The molecule has 0 saturated carbocycles. The monoisotopic (exact) mass is 289 g/mol. The van der Waals surface area contributed by atoms with Gasteiger partial charge in [0.15, 0.2) is 0 Å². The van der Waals surface area contributed by atoms with E-state index >= 15 is 0 Å². The Morgan fingerprint density at radius 2 is 1.95 bits per heavy atom. The Kier molecular flexibility index (Phi) is 3.32. The number of ether oxygens (including phenoxy) is 1. The lowest BCUT2D eigenvalue weighted by atomic mass is 9.72. The summed E-state index contributed by atoms with van der Waals surface area (Å²) in [5.74, 6) is 1.43. The standard InChI is InChI=1S/C17H23NOS/c1-13-11-19-17(12-18-9-7-14(17)8-10-18)16(13)20-15-5-3-2-4-6-15/h2-6,13-14,16H,7-12H2,1H3/t13-,16+,17?/m0/s1. The van der Waals surface area contributed by atoms with Gasteiger partial charge in [-0.1, -0.05) is 25.1 Å². The first-order valence-corrected chi connectivity index (χ1v) is 8.74. The summed E-state index contributed by atoms with van der Waals surface area (Å²) < 4.78 is 6.45. The third-order valence-electron chi connectivity index (χ3n) is 5.37. The zero-order valence-corrected chi connectivity index (χ0v) is 12.9. The fourth-order valence-corrected chi connectivity index (χ4v) is 5.80. The third-order valence-corrected chi connectivity index (χ3v) is 7.03. The molecule has 4 heterocycles. The van der Waals surface area contributed by atoms with Crippen molar-refractivity contribution in [3.05, 3.63) is 30.3 Å². The van der Waals surface area contributed by atoms with Crippen LogP contribution in [0.15, 0.2) is 35.2 Å². The summed E-state index contributed by atoms with van der Waals surface area (Å²) in [6, 6.07) is 10.9. The quantitative estimate of drug-likeness (QED) is 0.829. The number of hydrogen-bond acceptors (Lipinski definition) is 3. The summed E-state index contributed by atoms with van der Waals surface area (Å²) >= 11 is 2.05. The van der Waals surface area contributed by atoms with E-state index < -0.39 is 0 Å². The molecule has 0 radical (unpaired) electrons. The van der Waals surface area contributed by atoms with Crippen LogP contribution in [0.2, 0.25) is 0 Å². The average Bonchev–Trinajstić information content (AvgIpc) is 2.79. The fourth-order valence-electron chi connectivity index (χ4n) is 4.34. The van der Waals surface area contributed by atoms with E-state index in [2.05, 4.69) is 53.9 Å². The van der Waals surface area contributed by atoms with E-state index in [9.17, 15) is 0 Å². The second-order valence-corrected chi connectivity index (χ2v) is 7.86. The zero-order valence-electron chi connectivity index (χ0n) is 12.1. The summed E-state index contributed by atoms with van der Waals surface area (Å²) in [4.78, 5) is 4.02. The van der Waals surface area contributed by atoms with Gasteiger partial charge in [0, 0.05) is 16.7 Å². The van der Waals surface area contributed by atoms with Gasteiger partial charge >= 0.3 is 0 Å². The van der Waals surface area contributed by atoms with E-state index in [0.29, 0.717) is 11.2 Å². The largest absolute Gasteiger partial charge is 0.372 e. The minimum atomic E-state index is 0.121. The second-order valence-electron chi connectivity index (χ2n) is 6.65. The van der Waals surface area contributed by atoms with Crippen molar-refractivity contribution in [3.8, 4) is 0 Å². The van der Waals surface area contributed by atoms with Crippen molar-refractivity contribution in [1.29, 1.82) is 0 Å². The maximum Gasteiger partial charge on any atom is 0.0962 e. The number of thioether (sulfide) groups is 1. The molecular formula is C17H23NOS. The Morgan fingerprint density at radius 3 is 2.60 bits per heavy atom. The van der Waals surface area contributed by atoms with E-state index in [1.165, 1.54) is 30.8 Å². The minimum Gasteiger partial charge on any atom is -0.372 e. The topological polar surface area (TPSA) is 12.5 Å². The highest BCUT2D eigenvalue weighted by Crippen LogP contribution is 2.51. The maximum absolute atomic E-state index is 6.45. The zero-order chi connectivity index (χ0) is 13.6. The summed E-state index contributed by atoms with van der Waals surface area (Å²) in [7, 11) is 0. The Labute approximate surface area is 125 Å². The van der Waals surface area contributed by atoms with Crippen LogP contribution in [0.1, 0.15) is 19.8 Å². The van der Waals surface area contributed by atoms with Crippen molar-refractivity contribution in [2.75, 3.05) is 26.2 Å². The smallest absolute Gasteiger partial charge is 0.0962 e. The van der Waals surface area contributed by atoms with Crippen LogP contribution in [-0.2, 0) is 4.74 Å². The minimum absolute atomic E-state index is 0.121. The van der Waals surface area contributed by atoms with Crippen LogP contribution in [-0.4, -0.2) is 42.0 Å². The van der Waals surface area contributed by atoms with E-state index in [0.717, 1.165) is 19.1 Å². The van der Waals surface area contributed by atoms with Crippen LogP contribution in [0.3, 0.4) is 0 Å². The van der Waals surface area contributed by atoms with Gasteiger partial charge in [-0.2, -0.15) is 0 Å². The van der Waals surface area contributed by atoms with E-state index in [1.54, 1.807) is 0 Å². The predicted octanol–water partition coefficient (Wildman–Crippen LogP) is 3.28. The molecule has 1 spiro atoms.